The van der Waals surface area contributed by atoms with Crippen molar-refractivity contribution in [2.45, 2.75) is 12.2 Å². The lowest BCUT2D eigenvalue weighted by atomic mass is 9.96. The molecule has 0 saturated carbocycles. The summed E-state index contributed by atoms with van der Waals surface area (Å²) in [7, 11) is 0. The van der Waals surface area contributed by atoms with Gasteiger partial charge < -0.3 is 48.1 Å². The van der Waals surface area contributed by atoms with Gasteiger partial charge in [-0.3, -0.25) is 0 Å². The zero-order valence-electron chi connectivity index (χ0n) is 18.6. The zero-order valence-corrected chi connectivity index (χ0v) is 18.6. The summed E-state index contributed by atoms with van der Waals surface area (Å²) >= 11 is 0. The van der Waals surface area contributed by atoms with Crippen molar-refractivity contribution in [2.75, 3.05) is 22.9 Å². The Morgan fingerprint density at radius 1 is 0.429 bits per heavy atom. The van der Waals surface area contributed by atoms with Gasteiger partial charge in [-0.2, -0.15) is 0 Å². The summed E-state index contributed by atoms with van der Waals surface area (Å²) in [6.45, 7) is 0. The van der Waals surface area contributed by atoms with Gasteiger partial charge >= 0.3 is 0 Å². The number of hydrogen-bond donors (Lipinski definition) is 8. The van der Waals surface area contributed by atoms with E-state index in [1.54, 1.807) is 24.3 Å². The molecule has 0 amide bonds. The first-order valence-corrected chi connectivity index (χ1v) is 10.6. The molecular formula is C26H26N4O5. The van der Waals surface area contributed by atoms with Gasteiger partial charge in [0.1, 0.15) is 35.2 Å². The van der Waals surface area contributed by atoms with Crippen molar-refractivity contribution in [3.8, 4) is 23.0 Å². The molecule has 0 aromatic heterocycles. The second-order valence-electron chi connectivity index (χ2n) is 8.17. The Morgan fingerprint density at radius 2 is 0.657 bits per heavy atom. The van der Waals surface area contributed by atoms with Crippen LogP contribution in [0.1, 0.15) is 34.5 Å². The Morgan fingerprint density at radius 3 is 0.857 bits per heavy atom. The van der Waals surface area contributed by atoms with Crippen molar-refractivity contribution in [3.63, 3.8) is 0 Å². The molecule has 180 valence electrons. The minimum absolute atomic E-state index is 0.137. The molecule has 0 aliphatic rings. The fraction of sp³-hybridized carbons (Fsp3) is 0.0769. The topological polar surface area (TPSA) is 194 Å². The maximum Gasteiger partial charge on any atom is 0.138 e. The van der Waals surface area contributed by atoms with Crippen molar-refractivity contribution in [2.24, 2.45) is 0 Å². The Balaban J connectivity index is 1.88. The normalized spacial score (nSPS) is 11.3. The van der Waals surface area contributed by atoms with Crippen LogP contribution in [0.5, 0.6) is 23.0 Å². The smallest absolute Gasteiger partial charge is 0.138 e. The molecule has 35 heavy (non-hydrogen) atoms. The van der Waals surface area contributed by atoms with Gasteiger partial charge in [0.25, 0.3) is 0 Å². The van der Waals surface area contributed by atoms with Gasteiger partial charge in [0.05, 0.1) is 22.7 Å². The number of nitrogen functional groups attached to an aromatic ring is 4. The molecule has 0 fully saturated rings. The van der Waals surface area contributed by atoms with Gasteiger partial charge in [-0.15, -0.1) is 0 Å². The van der Waals surface area contributed by atoms with E-state index in [0.29, 0.717) is 22.3 Å². The molecule has 0 atom stereocenters. The minimum atomic E-state index is -0.836. The van der Waals surface area contributed by atoms with Crippen LogP contribution in [0.3, 0.4) is 0 Å². The lowest BCUT2D eigenvalue weighted by molar-refractivity contribution is 0.0305. The van der Waals surface area contributed by atoms with Crippen LogP contribution in [0.15, 0.2) is 72.8 Å². The molecular weight excluding hydrogens is 448 g/mol. The number of ether oxygens (including phenoxy) is 1. The third kappa shape index (κ3) is 4.80. The number of phenolic OH excluding ortho intramolecular Hbond substituents is 4. The quantitative estimate of drug-likeness (QED) is 0.152. The predicted molar refractivity (Wildman–Crippen MR) is 135 cm³/mol. The van der Waals surface area contributed by atoms with E-state index in [4.69, 9.17) is 27.7 Å². The minimum Gasteiger partial charge on any atom is -0.506 e. The average Bonchev–Trinajstić information content (AvgIpc) is 2.82. The summed E-state index contributed by atoms with van der Waals surface area (Å²) in [5.41, 5.74) is 26.1. The first-order chi connectivity index (χ1) is 16.6. The summed E-state index contributed by atoms with van der Waals surface area (Å²) in [6, 6.07) is 18.8. The van der Waals surface area contributed by atoms with Crippen LogP contribution in [0.2, 0.25) is 0 Å². The Labute approximate surface area is 201 Å². The molecule has 0 heterocycles. The Kier molecular flexibility index (Phi) is 6.18. The Hall–Kier alpha value is -4.76. The highest BCUT2D eigenvalue weighted by Crippen LogP contribution is 2.41. The summed E-state index contributed by atoms with van der Waals surface area (Å²) < 4.78 is 6.57. The van der Waals surface area contributed by atoms with Crippen LogP contribution < -0.4 is 22.9 Å². The van der Waals surface area contributed by atoms with Crippen molar-refractivity contribution >= 4 is 22.7 Å². The van der Waals surface area contributed by atoms with E-state index < -0.39 is 12.2 Å². The molecule has 12 N–H and O–H groups in total. The van der Waals surface area contributed by atoms with Crippen molar-refractivity contribution < 1.29 is 25.2 Å². The first kappa shape index (κ1) is 23.4. The number of nitrogens with two attached hydrogens (primary N) is 4. The van der Waals surface area contributed by atoms with Crippen LogP contribution in [-0.4, -0.2) is 20.4 Å². The molecule has 0 saturated heterocycles. The van der Waals surface area contributed by atoms with Crippen LogP contribution in [0, 0.1) is 0 Å². The molecule has 0 bridgehead atoms. The van der Waals surface area contributed by atoms with Crippen molar-refractivity contribution in [1.82, 2.24) is 0 Å². The SMILES string of the molecule is Nc1ccc(C(OC(c2ccc(N)c(O)c2)c2ccc(N)c(O)c2)c2ccc(N)c(O)c2)cc1O. The fourth-order valence-corrected chi connectivity index (χ4v) is 3.73. The van der Waals surface area contributed by atoms with Gasteiger partial charge in [-0.1, -0.05) is 24.3 Å². The largest absolute Gasteiger partial charge is 0.506 e. The first-order valence-electron chi connectivity index (χ1n) is 10.6. The molecule has 0 aliphatic carbocycles. The number of rotatable bonds is 6. The molecule has 4 rings (SSSR count). The summed E-state index contributed by atoms with van der Waals surface area (Å²) in [4.78, 5) is 0. The van der Waals surface area contributed by atoms with E-state index in [-0.39, 0.29) is 45.7 Å². The van der Waals surface area contributed by atoms with Crippen molar-refractivity contribution in [1.29, 1.82) is 0 Å². The zero-order chi connectivity index (χ0) is 25.3. The highest BCUT2D eigenvalue weighted by Gasteiger charge is 2.26. The van der Waals surface area contributed by atoms with Crippen LogP contribution in [0.4, 0.5) is 22.7 Å². The van der Waals surface area contributed by atoms with E-state index in [1.165, 1.54) is 48.5 Å². The second kappa shape index (κ2) is 9.24. The number of aromatic hydroxyl groups is 4. The fourth-order valence-electron chi connectivity index (χ4n) is 3.73. The summed E-state index contributed by atoms with van der Waals surface area (Å²) in [6.07, 6.45) is -1.67. The predicted octanol–water partition coefficient (Wildman–Crippen LogP) is 3.73. The number of phenols is 4. The van der Waals surface area contributed by atoms with Crippen LogP contribution in [0.25, 0.3) is 0 Å². The molecule has 0 aliphatic heterocycles. The van der Waals surface area contributed by atoms with Gasteiger partial charge in [-0.05, 0) is 70.8 Å². The molecule has 4 aromatic rings. The second-order valence-corrected chi connectivity index (χ2v) is 8.17. The van der Waals surface area contributed by atoms with Crippen LogP contribution in [-0.2, 0) is 4.74 Å². The maximum absolute atomic E-state index is 10.3. The van der Waals surface area contributed by atoms with Crippen LogP contribution >= 0.6 is 0 Å². The molecule has 9 heteroatoms. The molecule has 0 spiro atoms. The van der Waals surface area contributed by atoms with E-state index >= 15 is 0 Å². The maximum atomic E-state index is 10.3. The number of anilines is 4. The van der Waals surface area contributed by atoms with E-state index in [1.807, 2.05) is 0 Å². The van der Waals surface area contributed by atoms with Gasteiger partial charge in [-0.25, -0.2) is 0 Å². The van der Waals surface area contributed by atoms with E-state index in [9.17, 15) is 20.4 Å². The average molecular weight is 475 g/mol. The number of benzene rings is 4. The number of hydrogen-bond acceptors (Lipinski definition) is 9. The van der Waals surface area contributed by atoms with Gasteiger partial charge in [0.15, 0.2) is 0 Å². The monoisotopic (exact) mass is 474 g/mol. The van der Waals surface area contributed by atoms with Gasteiger partial charge in [0, 0.05) is 0 Å². The van der Waals surface area contributed by atoms with E-state index in [2.05, 4.69) is 0 Å². The lowest BCUT2D eigenvalue weighted by Gasteiger charge is -2.27. The molecule has 0 radical (unpaired) electrons. The highest BCUT2D eigenvalue weighted by molar-refractivity contribution is 5.58. The van der Waals surface area contributed by atoms with E-state index in [0.717, 1.165) is 0 Å². The lowest BCUT2D eigenvalue weighted by Crippen LogP contribution is -2.14. The standard InChI is InChI=1S/C26H26N4O5/c27-17-5-1-13(9-21(17)31)25(14-2-6-18(28)22(32)10-14)35-26(15-3-7-19(29)23(33)11-15)16-4-8-20(30)24(34)12-16/h1-12,25-26,31-34H,27-30H2. The molecule has 4 aromatic carbocycles. The summed E-state index contributed by atoms with van der Waals surface area (Å²) in [5, 5.41) is 41.0. The third-order valence-electron chi connectivity index (χ3n) is 5.70. The third-order valence-corrected chi connectivity index (χ3v) is 5.70. The Bertz CT molecular complexity index is 1180. The molecule has 0 unspecified atom stereocenters. The van der Waals surface area contributed by atoms with Crippen molar-refractivity contribution in [3.05, 3.63) is 95.1 Å². The molecule has 9 nitrogen and oxygen atoms in total. The summed E-state index contributed by atoms with van der Waals surface area (Å²) in [5.74, 6) is -0.546. The van der Waals surface area contributed by atoms with Gasteiger partial charge in [0.2, 0.25) is 0 Å². The highest BCUT2D eigenvalue weighted by atomic mass is 16.5.